The molecule has 2 atom stereocenters. The van der Waals surface area contributed by atoms with Crippen LogP contribution in [0.1, 0.15) is 54.2 Å². The number of hydrogen-bond donors (Lipinski definition) is 2. The number of nitrogens with one attached hydrogen (secondary N) is 2. The van der Waals surface area contributed by atoms with Gasteiger partial charge in [-0.3, -0.25) is 4.79 Å². The minimum atomic E-state index is 0.0425. The number of nitrogens with zero attached hydrogens (tertiary/aromatic N) is 2. The molecule has 0 bridgehead atoms. The van der Waals surface area contributed by atoms with Crippen LogP contribution < -0.4 is 5.32 Å². The Morgan fingerprint density at radius 1 is 1.20 bits per heavy atom. The van der Waals surface area contributed by atoms with E-state index in [-0.39, 0.29) is 11.9 Å². The largest absolute Gasteiger partial charge is 0.351 e. The molecule has 30 heavy (non-hydrogen) atoms. The number of amides is 1. The summed E-state index contributed by atoms with van der Waals surface area (Å²) >= 11 is 0. The predicted octanol–water partition coefficient (Wildman–Crippen LogP) is 4.60. The van der Waals surface area contributed by atoms with Gasteiger partial charge in [0.15, 0.2) is 0 Å². The van der Waals surface area contributed by atoms with Gasteiger partial charge in [0.1, 0.15) is 5.69 Å². The first-order valence-corrected chi connectivity index (χ1v) is 10.8. The summed E-state index contributed by atoms with van der Waals surface area (Å²) < 4.78 is 0. The maximum absolute atomic E-state index is 13.3. The van der Waals surface area contributed by atoms with Crippen LogP contribution in [0.5, 0.6) is 0 Å². The molecule has 0 saturated heterocycles. The molecule has 1 aliphatic rings. The van der Waals surface area contributed by atoms with E-state index in [1.165, 1.54) is 5.56 Å². The number of carbonyl (C=O) groups excluding carboxylic acids is 1. The molecule has 3 aromatic rings. The van der Waals surface area contributed by atoms with Gasteiger partial charge in [-0.05, 0) is 62.4 Å². The molecule has 5 heteroatoms. The van der Waals surface area contributed by atoms with Gasteiger partial charge in [-0.25, -0.2) is 0 Å². The molecule has 4 rings (SSSR count). The van der Waals surface area contributed by atoms with Gasteiger partial charge in [-0.1, -0.05) is 30.3 Å². The van der Waals surface area contributed by atoms with Crippen LogP contribution in [0, 0.1) is 11.3 Å². The van der Waals surface area contributed by atoms with Crippen molar-refractivity contribution in [1.29, 1.82) is 5.26 Å². The Hall–Kier alpha value is -3.10. The highest BCUT2D eigenvalue weighted by molar-refractivity contribution is 5.98. The van der Waals surface area contributed by atoms with Crippen LogP contribution in [0.2, 0.25) is 0 Å². The number of hydrogen-bond acceptors (Lipinski definition) is 3. The molecule has 2 N–H and O–H groups in total. The number of rotatable bonds is 6. The van der Waals surface area contributed by atoms with E-state index >= 15 is 0 Å². The molecule has 154 valence electrons. The normalized spacial score (nSPS) is 18.8. The molecule has 1 amide bonds. The predicted molar refractivity (Wildman–Crippen MR) is 119 cm³/mol. The quantitative estimate of drug-likeness (QED) is 0.635. The molecule has 0 unspecified atom stereocenters. The summed E-state index contributed by atoms with van der Waals surface area (Å²) in [5, 5.41) is 13.7. The van der Waals surface area contributed by atoms with E-state index in [4.69, 9.17) is 5.26 Å². The molecule has 1 fully saturated rings. The summed E-state index contributed by atoms with van der Waals surface area (Å²) in [7, 11) is 0. The van der Waals surface area contributed by atoms with Crippen molar-refractivity contribution in [2.24, 2.45) is 0 Å². The van der Waals surface area contributed by atoms with Gasteiger partial charge < -0.3 is 15.2 Å². The fourth-order valence-electron chi connectivity index (χ4n) is 4.53. The van der Waals surface area contributed by atoms with Crippen LogP contribution in [0.25, 0.3) is 10.9 Å². The molecule has 1 aromatic heterocycles. The smallest absolute Gasteiger partial charge is 0.270 e. The molecule has 0 radical (unpaired) electrons. The topological polar surface area (TPSA) is 71.9 Å². The lowest BCUT2D eigenvalue weighted by Gasteiger charge is -2.37. The average molecular weight is 401 g/mol. The highest BCUT2D eigenvalue weighted by Gasteiger charge is 2.29. The van der Waals surface area contributed by atoms with E-state index in [9.17, 15) is 4.79 Å². The van der Waals surface area contributed by atoms with Crippen LogP contribution >= 0.6 is 0 Å². The Labute approximate surface area is 177 Å². The number of aromatic nitrogens is 1. The fraction of sp³-hybridized carbons (Fsp3) is 0.360. The van der Waals surface area contributed by atoms with Crippen LogP contribution in [-0.2, 0) is 6.54 Å². The standard InChI is InChI=1S/C25H28N4O/c1-2-29(25(30)24-14-20-13-19(16-26)11-12-23(20)28-24)22-10-6-9-21(15-22)27-17-18-7-4-3-5-8-18/h3-5,7-8,11-14,21-22,27-28H,2,6,9-10,15,17H2,1H3/t21-,22+/m1/s1. The first-order valence-electron chi connectivity index (χ1n) is 10.8. The molecule has 5 nitrogen and oxygen atoms in total. The lowest BCUT2D eigenvalue weighted by atomic mass is 9.89. The second kappa shape index (κ2) is 9.15. The number of carbonyl (C=O) groups is 1. The van der Waals surface area contributed by atoms with Gasteiger partial charge in [-0.15, -0.1) is 0 Å². The van der Waals surface area contributed by atoms with Crippen molar-refractivity contribution in [2.75, 3.05) is 6.54 Å². The Kier molecular flexibility index (Phi) is 6.15. The minimum absolute atomic E-state index is 0.0425. The molecule has 1 aliphatic carbocycles. The SMILES string of the molecule is CCN(C(=O)c1cc2cc(C#N)ccc2[nH]1)[C@H]1CCC[C@@H](NCc2ccccc2)C1. The van der Waals surface area contributed by atoms with Crippen molar-refractivity contribution in [2.45, 2.75) is 51.2 Å². The van der Waals surface area contributed by atoms with Crippen LogP contribution in [-0.4, -0.2) is 34.4 Å². The molecule has 1 saturated carbocycles. The number of nitriles is 1. The van der Waals surface area contributed by atoms with Gasteiger partial charge in [0.2, 0.25) is 0 Å². The van der Waals surface area contributed by atoms with Crippen molar-refractivity contribution in [1.82, 2.24) is 15.2 Å². The zero-order valence-electron chi connectivity index (χ0n) is 17.4. The van der Waals surface area contributed by atoms with Crippen molar-refractivity contribution >= 4 is 16.8 Å². The minimum Gasteiger partial charge on any atom is -0.351 e. The second-order valence-electron chi connectivity index (χ2n) is 8.07. The molecular weight excluding hydrogens is 372 g/mol. The van der Waals surface area contributed by atoms with Crippen molar-refractivity contribution in [3.8, 4) is 6.07 Å². The molecule has 1 heterocycles. The maximum atomic E-state index is 13.3. The summed E-state index contributed by atoms with van der Waals surface area (Å²) in [4.78, 5) is 18.5. The lowest BCUT2D eigenvalue weighted by molar-refractivity contribution is 0.0623. The third-order valence-electron chi connectivity index (χ3n) is 6.11. The number of H-pyrrole nitrogens is 1. The van der Waals surface area contributed by atoms with E-state index < -0.39 is 0 Å². The second-order valence-corrected chi connectivity index (χ2v) is 8.07. The third-order valence-corrected chi connectivity index (χ3v) is 6.11. The zero-order valence-corrected chi connectivity index (χ0v) is 17.4. The number of aromatic amines is 1. The van der Waals surface area contributed by atoms with E-state index in [1.54, 1.807) is 6.07 Å². The summed E-state index contributed by atoms with van der Waals surface area (Å²) in [6, 6.07) is 20.6. The summed E-state index contributed by atoms with van der Waals surface area (Å²) in [5.74, 6) is 0.0425. The monoisotopic (exact) mass is 400 g/mol. The van der Waals surface area contributed by atoms with E-state index in [0.717, 1.165) is 43.1 Å². The van der Waals surface area contributed by atoms with Crippen molar-refractivity contribution in [3.05, 3.63) is 71.4 Å². The van der Waals surface area contributed by atoms with E-state index in [1.807, 2.05) is 29.2 Å². The van der Waals surface area contributed by atoms with Crippen LogP contribution in [0.15, 0.2) is 54.6 Å². The first kappa shape index (κ1) is 20.2. The van der Waals surface area contributed by atoms with Gasteiger partial charge in [0.05, 0.1) is 11.6 Å². The Balaban J connectivity index is 1.44. The average Bonchev–Trinajstić information content (AvgIpc) is 3.22. The zero-order chi connectivity index (χ0) is 20.9. The van der Waals surface area contributed by atoms with Gasteiger partial charge in [0.25, 0.3) is 5.91 Å². The summed E-state index contributed by atoms with van der Waals surface area (Å²) in [6.45, 7) is 3.60. The Bertz CT molecular complexity index is 1050. The number of benzene rings is 2. The summed E-state index contributed by atoms with van der Waals surface area (Å²) in [6.07, 6.45) is 4.30. The molecule has 0 aliphatic heterocycles. The summed E-state index contributed by atoms with van der Waals surface area (Å²) in [5.41, 5.74) is 3.38. The Morgan fingerprint density at radius 2 is 2.03 bits per heavy atom. The van der Waals surface area contributed by atoms with E-state index in [2.05, 4.69) is 47.6 Å². The molecule has 2 aromatic carbocycles. The van der Waals surface area contributed by atoms with Gasteiger partial charge >= 0.3 is 0 Å². The third kappa shape index (κ3) is 4.39. The van der Waals surface area contributed by atoms with Crippen molar-refractivity contribution < 1.29 is 4.79 Å². The lowest BCUT2D eigenvalue weighted by Crippen LogP contribution is -2.46. The van der Waals surface area contributed by atoms with Crippen LogP contribution in [0.3, 0.4) is 0 Å². The van der Waals surface area contributed by atoms with E-state index in [0.29, 0.717) is 23.8 Å². The highest BCUT2D eigenvalue weighted by Crippen LogP contribution is 2.26. The fourth-order valence-corrected chi connectivity index (χ4v) is 4.53. The van der Waals surface area contributed by atoms with Gasteiger partial charge in [-0.2, -0.15) is 5.26 Å². The van der Waals surface area contributed by atoms with Gasteiger partial charge in [0, 0.05) is 36.1 Å². The molecular formula is C25H28N4O. The highest BCUT2D eigenvalue weighted by atomic mass is 16.2. The molecule has 0 spiro atoms. The first-order chi connectivity index (χ1) is 14.7. The van der Waals surface area contributed by atoms with Crippen LogP contribution in [0.4, 0.5) is 0 Å². The maximum Gasteiger partial charge on any atom is 0.270 e. The van der Waals surface area contributed by atoms with Crippen molar-refractivity contribution in [3.63, 3.8) is 0 Å². The number of fused-ring (bicyclic) bond motifs is 1. The Morgan fingerprint density at radius 3 is 2.80 bits per heavy atom.